The summed E-state index contributed by atoms with van der Waals surface area (Å²) < 4.78 is 5.84. The second kappa shape index (κ2) is 3.92. The lowest BCUT2D eigenvalue weighted by Crippen LogP contribution is -2.51. The summed E-state index contributed by atoms with van der Waals surface area (Å²) in [5.74, 6) is 2.03. The average molecular weight is 258 g/mol. The van der Waals surface area contributed by atoms with Crippen molar-refractivity contribution in [2.45, 2.75) is 6.04 Å². The highest BCUT2D eigenvalue weighted by atomic mass is 16.5. The largest absolute Gasteiger partial charge is 0.488 e. The molecule has 0 saturated carbocycles. The lowest BCUT2D eigenvalue weighted by atomic mass is 10.2. The molecule has 2 bridgehead atoms. The zero-order valence-electron chi connectivity index (χ0n) is 10.3. The van der Waals surface area contributed by atoms with Gasteiger partial charge in [0.15, 0.2) is 17.4 Å². The quantitative estimate of drug-likeness (QED) is 0.675. The van der Waals surface area contributed by atoms with Crippen molar-refractivity contribution in [2.24, 2.45) is 0 Å². The molecule has 3 N–H and O–H groups in total. The number of nitrogen functional groups attached to an aromatic ring is 1. The topological polar surface area (TPSA) is 89.2 Å². The molecule has 0 aromatic carbocycles. The molecule has 2 aliphatic heterocycles. The molecule has 7 heteroatoms. The van der Waals surface area contributed by atoms with E-state index in [2.05, 4.69) is 25.2 Å². The number of hydrogen-bond donors (Lipinski definition) is 2. The van der Waals surface area contributed by atoms with Gasteiger partial charge in [0.1, 0.15) is 18.5 Å². The van der Waals surface area contributed by atoms with Crippen LogP contribution in [0.25, 0.3) is 11.0 Å². The summed E-state index contributed by atoms with van der Waals surface area (Å²) in [6, 6.07) is 2.24. The van der Waals surface area contributed by atoms with E-state index in [4.69, 9.17) is 10.5 Å². The Balaban J connectivity index is 1.92. The first-order valence-electron chi connectivity index (χ1n) is 6.33. The van der Waals surface area contributed by atoms with Gasteiger partial charge in [0.25, 0.3) is 0 Å². The first-order chi connectivity index (χ1) is 9.31. The Bertz CT molecular complexity index is 645. The average Bonchev–Trinajstić information content (AvgIpc) is 2.55. The summed E-state index contributed by atoms with van der Waals surface area (Å²) in [5.41, 5.74) is 7.23. The maximum atomic E-state index is 5.87. The maximum absolute atomic E-state index is 5.87. The number of anilines is 2. The summed E-state index contributed by atoms with van der Waals surface area (Å²) in [4.78, 5) is 15.0. The monoisotopic (exact) mass is 258 g/mol. The Labute approximate surface area is 109 Å². The van der Waals surface area contributed by atoms with Crippen LogP contribution in [-0.4, -0.2) is 47.2 Å². The van der Waals surface area contributed by atoms with Gasteiger partial charge < -0.3 is 20.7 Å². The number of nitrogens with one attached hydrogen (secondary N) is 1. The predicted octanol–water partition coefficient (Wildman–Crippen LogP) is -0.222. The molecular weight excluding hydrogens is 244 g/mol. The molecule has 0 aliphatic carbocycles. The van der Waals surface area contributed by atoms with Crippen LogP contribution in [0.3, 0.4) is 0 Å². The summed E-state index contributed by atoms with van der Waals surface area (Å²) in [6.07, 6.45) is 1.45. The third kappa shape index (κ3) is 1.66. The molecule has 98 valence electrons. The van der Waals surface area contributed by atoms with E-state index in [-0.39, 0.29) is 0 Å². The minimum absolute atomic E-state index is 0.342. The van der Waals surface area contributed by atoms with Crippen LogP contribution in [0.5, 0.6) is 5.75 Å². The van der Waals surface area contributed by atoms with Gasteiger partial charge in [-0.05, 0) is 0 Å². The summed E-state index contributed by atoms with van der Waals surface area (Å²) in [5, 5.41) is 3.43. The molecule has 1 fully saturated rings. The highest BCUT2D eigenvalue weighted by Crippen LogP contribution is 2.33. The molecule has 2 aliphatic rings. The molecule has 1 saturated heterocycles. The number of rotatable bonds is 0. The first kappa shape index (κ1) is 10.7. The van der Waals surface area contributed by atoms with Crippen molar-refractivity contribution in [3.05, 3.63) is 12.4 Å². The molecule has 1 unspecified atom stereocenters. The van der Waals surface area contributed by atoms with Crippen LogP contribution in [-0.2, 0) is 0 Å². The van der Waals surface area contributed by atoms with Crippen LogP contribution in [0.1, 0.15) is 0 Å². The number of fused-ring (bicyclic) bond motifs is 5. The second-order valence-electron chi connectivity index (χ2n) is 4.84. The maximum Gasteiger partial charge on any atom is 0.172 e. The Morgan fingerprint density at radius 2 is 2.37 bits per heavy atom. The molecule has 1 atom stereocenters. The highest BCUT2D eigenvalue weighted by Gasteiger charge is 2.28. The van der Waals surface area contributed by atoms with E-state index in [1.807, 2.05) is 6.07 Å². The normalized spacial score (nSPS) is 21.7. The van der Waals surface area contributed by atoms with E-state index < -0.39 is 0 Å². The standard InChI is InChI=1S/C12H14N6O/c13-11-10-8(15-6-16-11)3-9-12(17-10)18-2-1-14-7(4-18)5-19-9/h3,6-7,14H,1-2,4-5H2,(H2,13,15,16). The number of aromatic nitrogens is 3. The van der Waals surface area contributed by atoms with Gasteiger partial charge in [-0.2, -0.15) is 0 Å². The fourth-order valence-corrected chi connectivity index (χ4v) is 2.63. The van der Waals surface area contributed by atoms with Gasteiger partial charge in [0.05, 0.1) is 11.6 Å². The van der Waals surface area contributed by atoms with E-state index in [0.717, 1.165) is 36.7 Å². The molecule has 2 aromatic heterocycles. The van der Waals surface area contributed by atoms with Crippen LogP contribution >= 0.6 is 0 Å². The van der Waals surface area contributed by atoms with Crippen LogP contribution in [0.2, 0.25) is 0 Å². The van der Waals surface area contributed by atoms with Crippen molar-refractivity contribution in [2.75, 3.05) is 36.9 Å². The predicted molar refractivity (Wildman–Crippen MR) is 71.2 cm³/mol. The molecule has 19 heavy (non-hydrogen) atoms. The van der Waals surface area contributed by atoms with Crippen molar-refractivity contribution in [3.8, 4) is 5.75 Å². The van der Waals surface area contributed by atoms with Crippen molar-refractivity contribution in [3.63, 3.8) is 0 Å². The molecule has 7 nitrogen and oxygen atoms in total. The molecule has 0 spiro atoms. The van der Waals surface area contributed by atoms with E-state index in [1.54, 1.807) is 0 Å². The van der Waals surface area contributed by atoms with Crippen LogP contribution in [0.4, 0.5) is 11.6 Å². The van der Waals surface area contributed by atoms with Crippen LogP contribution < -0.4 is 20.7 Å². The van der Waals surface area contributed by atoms with Crippen molar-refractivity contribution < 1.29 is 4.74 Å². The number of hydrogen-bond acceptors (Lipinski definition) is 7. The molecule has 4 rings (SSSR count). The van der Waals surface area contributed by atoms with E-state index in [0.29, 0.717) is 24.0 Å². The summed E-state index contributed by atoms with van der Waals surface area (Å²) in [6.45, 7) is 3.41. The zero-order chi connectivity index (χ0) is 12.8. The molecular formula is C12H14N6O. The van der Waals surface area contributed by atoms with E-state index >= 15 is 0 Å². The minimum atomic E-state index is 0.342. The van der Waals surface area contributed by atoms with Gasteiger partial charge in [0, 0.05) is 25.7 Å². The third-order valence-electron chi connectivity index (χ3n) is 3.58. The van der Waals surface area contributed by atoms with E-state index in [9.17, 15) is 0 Å². The zero-order valence-corrected chi connectivity index (χ0v) is 10.3. The van der Waals surface area contributed by atoms with Crippen molar-refractivity contribution in [1.29, 1.82) is 0 Å². The SMILES string of the molecule is Nc1ncnc2cc3c(nc12)N1CCNC(CO3)C1. The van der Waals surface area contributed by atoms with Gasteiger partial charge in [-0.15, -0.1) is 0 Å². The van der Waals surface area contributed by atoms with Gasteiger partial charge in [-0.25, -0.2) is 15.0 Å². The molecule has 4 heterocycles. The first-order valence-corrected chi connectivity index (χ1v) is 6.33. The number of piperazine rings is 1. The third-order valence-corrected chi connectivity index (χ3v) is 3.58. The van der Waals surface area contributed by atoms with Gasteiger partial charge in [0.2, 0.25) is 0 Å². The number of nitrogens with zero attached hydrogens (tertiary/aromatic N) is 4. The lowest BCUT2D eigenvalue weighted by Gasteiger charge is -2.31. The summed E-state index contributed by atoms with van der Waals surface area (Å²) in [7, 11) is 0. The van der Waals surface area contributed by atoms with Gasteiger partial charge >= 0.3 is 0 Å². The molecule has 2 aromatic rings. The smallest absolute Gasteiger partial charge is 0.172 e. The Morgan fingerprint density at radius 3 is 3.32 bits per heavy atom. The lowest BCUT2D eigenvalue weighted by molar-refractivity contribution is 0.271. The Hall–Kier alpha value is -2.15. The van der Waals surface area contributed by atoms with Crippen LogP contribution in [0, 0.1) is 0 Å². The van der Waals surface area contributed by atoms with Gasteiger partial charge in [-0.1, -0.05) is 0 Å². The van der Waals surface area contributed by atoms with E-state index in [1.165, 1.54) is 6.33 Å². The van der Waals surface area contributed by atoms with Crippen molar-refractivity contribution in [1.82, 2.24) is 20.3 Å². The van der Waals surface area contributed by atoms with Crippen molar-refractivity contribution >= 4 is 22.7 Å². The second-order valence-corrected chi connectivity index (χ2v) is 4.84. The fourth-order valence-electron chi connectivity index (χ4n) is 2.63. The van der Waals surface area contributed by atoms with Gasteiger partial charge in [-0.3, -0.25) is 0 Å². The number of ether oxygens (including phenoxy) is 1. The fraction of sp³-hybridized carbons (Fsp3) is 0.417. The molecule has 0 radical (unpaired) electrons. The summed E-state index contributed by atoms with van der Waals surface area (Å²) >= 11 is 0. The Kier molecular flexibility index (Phi) is 2.22. The van der Waals surface area contributed by atoms with Crippen LogP contribution in [0.15, 0.2) is 12.4 Å². The number of pyridine rings is 1. The highest BCUT2D eigenvalue weighted by molar-refractivity contribution is 5.87. The Morgan fingerprint density at radius 1 is 1.42 bits per heavy atom. The minimum Gasteiger partial charge on any atom is -0.488 e. The number of nitrogens with two attached hydrogens (primary N) is 1. The molecule has 0 amide bonds.